The molecule has 0 aliphatic heterocycles. The molecule has 1 aromatic heterocycles. The second-order valence-corrected chi connectivity index (χ2v) is 6.84. The maximum Gasteiger partial charge on any atom is 0.416 e. The summed E-state index contributed by atoms with van der Waals surface area (Å²) in [5, 5.41) is 0.0845. The third-order valence-electron chi connectivity index (χ3n) is 3.59. The maximum absolute atomic E-state index is 12.8. The molecule has 1 atom stereocenters. The van der Waals surface area contributed by atoms with E-state index in [1.807, 2.05) is 12.1 Å². The number of benzene rings is 1. The molecule has 112 valence electrons. The van der Waals surface area contributed by atoms with Crippen molar-refractivity contribution in [1.29, 1.82) is 0 Å². The highest BCUT2D eigenvalue weighted by Gasteiger charge is 2.32. The fourth-order valence-electron chi connectivity index (χ4n) is 2.27. The molecular weight excluding hydrogens is 319 g/mol. The molecule has 1 aliphatic rings. The zero-order chi connectivity index (χ0) is 15.2. The molecule has 1 aromatic carbocycles. The quantitative estimate of drug-likeness (QED) is 0.790. The van der Waals surface area contributed by atoms with E-state index < -0.39 is 11.7 Å². The van der Waals surface area contributed by atoms with Gasteiger partial charge in [0.05, 0.1) is 5.56 Å². The molecule has 1 saturated carbocycles. The molecule has 1 nitrogen and oxygen atoms in total. The predicted molar refractivity (Wildman–Crippen MR) is 79.4 cm³/mol. The summed E-state index contributed by atoms with van der Waals surface area (Å²) in [5.41, 5.74) is 5.88. The zero-order valence-corrected chi connectivity index (χ0v) is 12.5. The largest absolute Gasteiger partial charge is 0.416 e. The van der Waals surface area contributed by atoms with Crippen molar-refractivity contribution in [2.24, 2.45) is 11.7 Å². The van der Waals surface area contributed by atoms with Gasteiger partial charge in [0.1, 0.15) is 0 Å². The Morgan fingerprint density at radius 2 is 1.90 bits per heavy atom. The smallest absolute Gasteiger partial charge is 0.323 e. The van der Waals surface area contributed by atoms with E-state index in [-0.39, 0.29) is 11.1 Å². The van der Waals surface area contributed by atoms with E-state index in [0.717, 1.165) is 34.7 Å². The van der Waals surface area contributed by atoms with Gasteiger partial charge in [-0.25, -0.2) is 0 Å². The molecule has 0 spiro atoms. The molecule has 21 heavy (non-hydrogen) atoms. The molecule has 0 amide bonds. The molecule has 3 rings (SSSR count). The van der Waals surface area contributed by atoms with Crippen LogP contribution >= 0.6 is 22.9 Å². The Kier molecular flexibility index (Phi) is 3.76. The van der Waals surface area contributed by atoms with Gasteiger partial charge >= 0.3 is 6.18 Å². The Bertz CT molecular complexity index is 661. The first-order valence-corrected chi connectivity index (χ1v) is 7.77. The van der Waals surface area contributed by atoms with Crippen LogP contribution in [0.5, 0.6) is 0 Å². The van der Waals surface area contributed by atoms with Gasteiger partial charge in [0.2, 0.25) is 0 Å². The fourth-order valence-corrected chi connectivity index (χ4v) is 3.60. The van der Waals surface area contributed by atoms with Crippen molar-refractivity contribution in [1.82, 2.24) is 0 Å². The predicted octanol–water partition coefficient (Wildman–Crippen LogP) is 5.50. The molecule has 2 aromatic rings. The SMILES string of the molecule is NC(c1ccc(-c2cc(Cl)cc(C(F)(F)F)c2)s1)C1CC1. The molecule has 1 fully saturated rings. The van der Waals surface area contributed by atoms with Crippen LogP contribution in [0.15, 0.2) is 30.3 Å². The number of hydrogen-bond acceptors (Lipinski definition) is 2. The van der Waals surface area contributed by atoms with E-state index in [1.165, 1.54) is 11.3 Å². The lowest BCUT2D eigenvalue weighted by Crippen LogP contribution is -2.10. The van der Waals surface area contributed by atoms with Gasteiger partial charge in [-0.1, -0.05) is 11.6 Å². The minimum atomic E-state index is -4.40. The molecule has 6 heteroatoms. The summed E-state index contributed by atoms with van der Waals surface area (Å²) in [6.45, 7) is 0. The highest BCUT2D eigenvalue weighted by atomic mass is 35.5. The number of halogens is 4. The van der Waals surface area contributed by atoms with Gasteiger partial charge in [-0.15, -0.1) is 11.3 Å². The van der Waals surface area contributed by atoms with E-state index in [1.54, 1.807) is 6.07 Å². The third-order valence-corrected chi connectivity index (χ3v) is 5.05. The van der Waals surface area contributed by atoms with Crippen molar-refractivity contribution in [3.8, 4) is 10.4 Å². The number of rotatable bonds is 3. The van der Waals surface area contributed by atoms with Crippen molar-refractivity contribution >= 4 is 22.9 Å². The average molecular weight is 332 g/mol. The topological polar surface area (TPSA) is 26.0 Å². The van der Waals surface area contributed by atoms with Crippen molar-refractivity contribution in [3.05, 3.63) is 45.8 Å². The lowest BCUT2D eigenvalue weighted by molar-refractivity contribution is -0.137. The summed E-state index contributed by atoms with van der Waals surface area (Å²) < 4.78 is 38.5. The number of alkyl halides is 3. The molecule has 1 aliphatic carbocycles. The van der Waals surface area contributed by atoms with E-state index in [4.69, 9.17) is 17.3 Å². The summed E-state index contributed by atoms with van der Waals surface area (Å²) in [5.74, 6) is 0.515. The fraction of sp³-hybridized carbons (Fsp3) is 0.333. The zero-order valence-electron chi connectivity index (χ0n) is 11.0. The molecule has 1 unspecified atom stereocenters. The van der Waals surface area contributed by atoms with E-state index in [9.17, 15) is 13.2 Å². The number of nitrogens with two attached hydrogens (primary N) is 1. The van der Waals surface area contributed by atoms with Crippen molar-refractivity contribution in [2.45, 2.75) is 25.1 Å². The first-order valence-electron chi connectivity index (χ1n) is 6.58. The standard InChI is InChI=1S/C15H13ClF3NS/c16-11-6-9(5-10(7-11)15(17,18)19)12-3-4-13(21-12)14(20)8-1-2-8/h3-8,14H,1-2,20H2. The minimum Gasteiger partial charge on any atom is -0.323 e. The molecule has 1 heterocycles. The van der Waals surface area contributed by atoms with Crippen LogP contribution in [-0.4, -0.2) is 0 Å². The van der Waals surface area contributed by atoms with E-state index >= 15 is 0 Å². The highest BCUT2D eigenvalue weighted by molar-refractivity contribution is 7.15. The molecule has 0 radical (unpaired) electrons. The lowest BCUT2D eigenvalue weighted by atomic mass is 10.1. The Labute approximate surface area is 129 Å². The first kappa shape index (κ1) is 14.9. The van der Waals surface area contributed by atoms with E-state index in [2.05, 4.69) is 0 Å². The van der Waals surface area contributed by atoms with Gasteiger partial charge in [-0.2, -0.15) is 13.2 Å². The van der Waals surface area contributed by atoms with Crippen LogP contribution in [0.2, 0.25) is 5.02 Å². The van der Waals surface area contributed by atoms with E-state index in [0.29, 0.717) is 11.5 Å². The molecule has 0 saturated heterocycles. The molecule has 2 N–H and O–H groups in total. The summed E-state index contributed by atoms with van der Waals surface area (Å²) in [4.78, 5) is 1.77. The van der Waals surface area contributed by atoms with Crippen LogP contribution < -0.4 is 5.73 Å². The highest BCUT2D eigenvalue weighted by Crippen LogP contribution is 2.43. The van der Waals surface area contributed by atoms with Crippen LogP contribution in [0.25, 0.3) is 10.4 Å². The summed E-state index contributed by atoms with van der Waals surface area (Å²) in [6.07, 6.45) is -2.14. The van der Waals surface area contributed by atoms with Crippen molar-refractivity contribution < 1.29 is 13.2 Å². The summed E-state index contributed by atoms with van der Waals surface area (Å²) >= 11 is 7.26. The Hall–Kier alpha value is -1.04. The number of thiophene rings is 1. The second kappa shape index (κ2) is 5.30. The Morgan fingerprint density at radius 1 is 1.19 bits per heavy atom. The normalized spacial score (nSPS) is 17.0. The van der Waals surface area contributed by atoms with Crippen molar-refractivity contribution in [2.75, 3.05) is 0 Å². The van der Waals surface area contributed by atoms with Crippen molar-refractivity contribution in [3.63, 3.8) is 0 Å². The maximum atomic E-state index is 12.8. The second-order valence-electron chi connectivity index (χ2n) is 5.29. The average Bonchev–Trinajstić information content (AvgIpc) is 3.13. The van der Waals surface area contributed by atoms with Crippen LogP contribution in [-0.2, 0) is 6.18 Å². The van der Waals surface area contributed by atoms with Gasteiger partial charge in [-0.3, -0.25) is 0 Å². The van der Waals surface area contributed by atoms with Gasteiger partial charge < -0.3 is 5.73 Å². The minimum absolute atomic E-state index is 0.00924. The van der Waals surface area contributed by atoms with Gasteiger partial charge in [0, 0.05) is 20.8 Å². The van der Waals surface area contributed by atoms with Gasteiger partial charge in [-0.05, 0) is 54.7 Å². The Balaban J connectivity index is 1.94. The summed E-state index contributed by atoms with van der Waals surface area (Å²) in [7, 11) is 0. The molecule has 0 bridgehead atoms. The van der Waals surface area contributed by atoms with Gasteiger partial charge in [0.15, 0.2) is 0 Å². The van der Waals surface area contributed by atoms with Crippen LogP contribution in [0.1, 0.15) is 29.3 Å². The number of hydrogen-bond donors (Lipinski definition) is 1. The van der Waals surface area contributed by atoms with Gasteiger partial charge in [0.25, 0.3) is 0 Å². The van der Waals surface area contributed by atoms with Crippen LogP contribution in [0.4, 0.5) is 13.2 Å². The summed E-state index contributed by atoms with van der Waals surface area (Å²) in [6, 6.07) is 7.32. The monoisotopic (exact) mass is 331 g/mol. The third kappa shape index (κ3) is 3.25. The first-order chi connectivity index (χ1) is 9.84. The van der Waals surface area contributed by atoms with Crippen LogP contribution in [0.3, 0.4) is 0 Å². The Morgan fingerprint density at radius 3 is 2.52 bits per heavy atom. The lowest BCUT2D eigenvalue weighted by Gasteiger charge is -2.09. The van der Waals surface area contributed by atoms with Crippen LogP contribution in [0, 0.1) is 5.92 Å². The molecular formula is C15H13ClF3NS.